The third kappa shape index (κ3) is 12.3. The van der Waals surface area contributed by atoms with Gasteiger partial charge in [-0.3, -0.25) is 29.4 Å². The van der Waals surface area contributed by atoms with Crippen molar-refractivity contribution in [2.45, 2.75) is 57.2 Å². The third-order valence-electron chi connectivity index (χ3n) is 13.8. The van der Waals surface area contributed by atoms with Gasteiger partial charge in [0.15, 0.2) is 5.82 Å². The van der Waals surface area contributed by atoms with Crippen molar-refractivity contribution in [2.24, 2.45) is 0 Å². The summed E-state index contributed by atoms with van der Waals surface area (Å²) in [5, 5.41) is 13.0. The Balaban J connectivity index is 0.813. The summed E-state index contributed by atoms with van der Waals surface area (Å²) in [6, 6.07) is 26.2. The quantitative estimate of drug-likeness (QED) is 0.0264. The molecule has 3 saturated heterocycles. The maximum atomic E-state index is 13.6. The average Bonchev–Trinajstić information content (AvgIpc) is 3.73. The predicted molar refractivity (Wildman–Crippen MR) is 288 cm³/mol. The van der Waals surface area contributed by atoms with E-state index in [1.165, 1.54) is 12.3 Å². The van der Waals surface area contributed by atoms with Gasteiger partial charge in [0.25, 0.3) is 5.91 Å². The Hall–Kier alpha value is -7.02. The van der Waals surface area contributed by atoms with E-state index in [1.807, 2.05) is 78.9 Å². The lowest BCUT2D eigenvalue weighted by Crippen LogP contribution is -2.53. The summed E-state index contributed by atoms with van der Waals surface area (Å²) in [5.74, 6) is 6.54. The normalized spacial score (nSPS) is 17.8. The SMILES string of the molecule is COc1cc(N2CCC(N3CCN(CCCC#Cc4cccc5c4CN(C4CCC(=O)NC4=O)C5=O)CC3)CC2)c(NC(=O)C=Cc2ccccc2)cc1Nc1ncc(Cl)c(Nc2ccccc2P(C)(C)=O)n1. The van der Waals surface area contributed by atoms with Crippen LogP contribution in [0.3, 0.4) is 0 Å². The van der Waals surface area contributed by atoms with Gasteiger partial charge in [0.05, 0.1) is 36.1 Å². The summed E-state index contributed by atoms with van der Waals surface area (Å²) < 4.78 is 19.1. The van der Waals surface area contributed by atoms with Crippen LogP contribution < -0.4 is 36.2 Å². The number of carbonyl (C=O) groups excluding carboxylic acids is 4. The zero-order chi connectivity index (χ0) is 51.1. The van der Waals surface area contributed by atoms with Crippen LogP contribution in [0.15, 0.2) is 97.2 Å². The number of rotatable bonds is 15. The smallest absolute Gasteiger partial charge is 0.255 e. The number of hydrogen-bond acceptors (Lipinski definition) is 13. The number of piperidine rings is 2. The molecule has 73 heavy (non-hydrogen) atoms. The molecule has 3 fully saturated rings. The first-order valence-corrected chi connectivity index (χ1v) is 27.7. The van der Waals surface area contributed by atoms with E-state index >= 15 is 0 Å². The Labute approximate surface area is 431 Å². The maximum Gasteiger partial charge on any atom is 0.255 e. The van der Waals surface area contributed by atoms with Crippen LogP contribution in [0.1, 0.15) is 65.6 Å². The molecular formula is C55H60ClN10O6P. The number of fused-ring (bicyclic) bond motifs is 1. The molecule has 0 bridgehead atoms. The molecule has 1 aromatic heterocycles. The third-order valence-corrected chi connectivity index (χ3v) is 15.7. The fraction of sp³-hybridized carbons (Fsp3) is 0.345. The van der Waals surface area contributed by atoms with Crippen LogP contribution in [0.4, 0.5) is 34.5 Å². The van der Waals surface area contributed by atoms with Gasteiger partial charge in [-0.25, -0.2) is 4.98 Å². The van der Waals surface area contributed by atoms with Gasteiger partial charge in [-0.15, -0.1) is 0 Å². The summed E-state index contributed by atoms with van der Waals surface area (Å²) in [5.41, 5.74) is 5.75. The van der Waals surface area contributed by atoms with Gasteiger partial charge in [0.1, 0.15) is 24.0 Å². The number of ether oxygens (including phenoxy) is 1. The van der Waals surface area contributed by atoms with Crippen molar-refractivity contribution in [3.63, 3.8) is 0 Å². The number of anilines is 6. The van der Waals surface area contributed by atoms with Crippen LogP contribution in [-0.4, -0.2) is 127 Å². The van der Waals surface area contributed by atoms with E-state index in [0.29, 0.717) is 58.5 Å². The van der Waals surface area contributed by atoms with Gasteiger partial charge in [-0.05, 0) is 93.1 Å². The number of benzene rings is 4. The first-order valence-electron chi connectivity index (χ1n) is 24.8. The van der Waals surface area contributed by atoms with Crippen LogP contribution in [0.5, 0.6) is 5.75 Å². The standard InChI is InChI=1S/C55H60ClN10O6P/c1-72-48-34-47(44(58-50(67)22-20-37-13-6-4-7-14-37)33-45(48)60-55-57-35-42(56)52(62-55)59-43-18-9-10-19-49(43)73(2,3)71)65-27-24-39(25-28-65)64-31-29-63(30-32-64)26-11-5-8-15-38-16-12-17-40-41(38)36-66(54(40)70)46-21-23-51(68)61-53(46)69/h4,6-7,9-10,12-14,16-20,22,33-35,39,46H,5,11,21,23-32,36H2,1-3H3,(H,58,67)(H,61,68,69)(H2,57,59,60,62). The lowest BCUT2D eigenvalue weighted by molar-refractivity contribution is -0.137. The Morgan fingerprint density at radius 3 is 2.42 bits per heavy atom. The minimum atomic E-state index is -2.63. The number of unbranched alkanes of at least 4 members (excludes halogenated alkanes) is 1. The number of carbonyl (C=O) groups is 4. The van der Waals surface area contributed by atoms with Crippen molar-refractivity contribution in [3.05, 3.63) is 124 Å². The average molecular weight is 1020 g/mol. The number of nitrogens with zero attached hydrogens (tertiary/aromatic N) is 6. The highest BCUT2D eigenvalue weighted by Crippen LogP contribution is 2.41. The Morgan fingerprint density at radius 2 is 1.67 bits per heavy atom. The van der Waals surface area contributed by atoms with Crippen molar-refractivity contribution >= 4 is 88.3 Å². The largest absolute Gasteiger partial charge is 0.494 e. The monoisotopic (exact) mass is 1020 g/mol. The topological polar surface area (TPSA) is 181 Å². The highest BCUT2D eigenvalue weighted by Gasteiger charge is 2.40. The van der Waals surface area contributed by atoms with Gasteiger partial charge in [-0.1, -0.05) is 72.0 Å². The number of methoxy groups -OCH3 is 1. The Morgan fingerprint density at radius 1 is 0.904 bits per heavy atom. The number of imide groups is 1. The van der Waals surface area contributed by atoms with E-state index in [-0.39, 0.29) is 35.1 Å². The van der Waals surface area contributed by atoms with Crippen LogP contribution in [0, 0.1) is 11.8 Å². The number of hydrogen-bond donors (Lipinski definition) is 4. The zero-order valence-electron chi connectivity index (χ0n) is 41.3. The number of para-hydroxylation sites is 1. The maximum absolute atomic E-state index is 13.6. The van der Waals surface area contributed by atoms with Gasteiger partial charge >= 0.3 is 0 Å². The molecule has 5 heterocycles. The molecule has 9 rings (SSSR count). The molecule has 0 spiro atoms. The lowest BCUT2D eigenvalue weighted by Gasteiger charge is -2.43. The second-order valence-electron chi connectivity index (χ2n) is 19.0. The van der Waals surface area contributed by atoms with Crippen molar-refractivity contribution in [1.29, 1.82) is 0 Å². The number of aromatic nitrogens is 2. The van der Waals surface area contributed by atoms with Crippen LogP contribution >= 0.6 is 18.7 Å². The molecular weight excluding hydrogens is 963 g/mol. The number of piperazine rings is 1. The molecule has 5 aromatic rings. The van der Waals surface area contributed by atoms with Crippen LogP contribution in [-0.2, 0) is 25.5 Å². The van der Waals surface area contributed by atoms with E-state index in [0.717, 1.165) is 93.9 Å². The number of amides is 4. The van der Waals surface area contributed by atoms with Crippen LogP contribution in [0.25, 0.3) is 6.08 Å². The van der Waals surface area contributed by atoms with Gasteiger partial charge in [-0.2, -0.15) is 4.98 Å². The minimum Gasteiger partial charge on any atom is -0.494 e. The summed E-state index contributed by atoms with van der Waals surface area (Å²) in [7, 11) is -1.02. The summed E-state index contributed by atoms with van der Waals surface area (Å²) >= 11 is 6.59. The van der Waals surface area contributed by atoms with Crippen molar-refractivity contribution < 1.29 is 28.5 Å². The van der Waals surface area contributed by atoms with Crippen LogP contribution in [0.2, 0.25) is 5.02 Å². The molecule has 0 radical (unpaired) electrons. The Bertz CT molecular complexity index is 3030. The minimum absolute atomic E-state index is 0.192. The zero-order valence-corrected chi connectivity index (χ0v) is 43.0. The molecule has 4 aliphatic heterocycles. The molecule has 16 nitrogen and oxygen atoms in total. The van der Waals surface area contributed by atoms with E-state index < -0.39 is 19.1 Å². The van der Waals surface area contributed by atoms with Crippen molar-refractivity contribution in [1.82, 2.24) is 30.0 Å². The highest BCUT2D eigenvalue weighted by atomic mass is 35.5. The molecule has 18 heteroatoms. The Kier molecular flexibility index (Phi) is 15.9. The van der Waals surface area contributed by atoms with E-state index in [4.69, 9.17) is 16.3 Å². The molecule has 4 aliphatic rings. The second kappa shape index (κ2) is 22.8. The molecule has 4 amide bonds. The predicted octanol–water partition coefficient (Wildman–Crippen LogP) is 7.71. The van der Waals surface area contributed by atoms with E-state index in [1.54, 1.807) is 37.5 Å². The number of halogens is 1. The fourth-order valence-electron chi connectivity index (χ4n) is 10.00. The van der Waals surface area contributed by atoms with E-state index in [9.17, 15) is 23.7 Å². The highest BCUT2D eigenvalue weighted by molar-refractivity contribution is 7.70. The van der Waals surface area contributed by atoms with Crippen molar-refractivity contribution in [3.8, 4) is 17.6 Å². The van der Waals surface area contributed by atoms with Crippen molar-refractivity contribution in [2.75, 3.05) is 87.1 Å². The first kappa shape index (κ1) is 50.9. The molecule has 0 aliphatic carbocycles. The van der Waals surface area contributed by atoms with Gasteiger partial charge in [0.2, 0.25) is 23.7 Å². The lowest BCUT2D eigenvalue weighted by atomic mass is 10.0. The first-order chi connectivity index (χ1) is 35.3. The number of nitrogens with one attached hydrogen (secondary N) is 4. The van der Waals surface area contributed by atoms with Gasteiger partial charge in [0, 0.05) is 93.3 Å². The molecule has 1 unspecified atom stereocenters. The summed E-state index contributed by atoms with van der Waals surface area (Å²) in [6.45, 7) is 10.2. The molecule has 4 N–H and O–H groups in total. The molecule has 1 atom stereocenters. The summed E-state index contributed by atoms with van der Waals surface area (Å²) in [4.78, 5) is 69.2. The second-order valence-corrected chi connectivity index (χ2v) is 22.6. The molecule has 378 valence electrons. The molecule has 0 saturated carbocycles. The molecule has 4 aromatic carbocycles. The summed E-state index contributed by atoms with van der Waals surface area (Å²) in [6.07, 6.45) is 8.93. The van der Waals surface area contributed by atoms with Gasteiger partial charge < -0.3 is 40.0 Å². The van der Waals surface area contributed by atoms with E-state index in [2.05, 4.69) is 57.8 Å². The fourth-order valence-corrected chi connectivity index (χ4v) is 11.3.